The number of nitrogens with zero attached hydrogens (tertiary/aromatic N) is 1. The van der Waals surface area contributed by atoms with Gasteiger partial charge in [0.1, 0.15) is 0 Å². The standard InChI is InChI=1S/C17H14ClN3O/c18-13-6-5-11-9-21(10-12(11)7-13)17(22)20-16-8-19-15-4-2-1-3-14(15)16/h1-8,19H,9-10H2,(H,20,22). The van der Waals surface area contributed by atoms with Crippen molar-refractivity contribution in [3.8, 4) is 0 Å². The van der Waals surface area contributed by atoms with E-state index in [0.717, 1.165) is 27.7 Å². The van der Waals surface area contributed by atoms with Gasteiger partial charge in [0.05, 0.1) is 5.69 Å². The highest BCUT2D eigenvalue weighted by molar-refractivity contribution is 6.30. The van der Waals surface area contributed by atoms with Gasteiger partial charge in [-0.3, -0.25) is 0 Å². The molecule has 0 aliphatic carbocycles. The van der Waals surface area contributed by atoms with Gasteiger partial charge in [-0.25, -0.2) is 4.79 Å². The van der Waals surface area contributed by atoms with Gasteiger partial charge in [-0.05, 0) is 29.3 Å². The largest absolute Gasteiger partial charge is 0.359 e. The SMILES string of the molecule is O=C(Nc1c[nH]c2ccccc12)N1Cc2ccc(Cl)cc2C1. The van der Waals surface area contributed by atoms with Crippen molar-refractivity contribution in [2.24, 2.45) is 0 Å². The number of carbonyl (C=O) groups is 1. The van der Waals surface area contributed by atoms with Crippen molar-refractivity contribution in [3.63, 3.8) is 0 Å². The summed E-state index contributed by atoms with van der Waals surface area (Å²) in [4.78, 5) is 17.4. The Morgan fingerprint density at radius 2 is 1.95 bits per heavy atom. The number of fused-ring (bicyclic) bond motifs is 2. The number of amides is 2. The van der Waals surface area contributed by atoms with Crippen LogP contribution >= 0.6 is 11.6 Å². The lowest BCUT2D eigenvalue weighted by molar-refractivity contribution is 0.212. The van der Waals surface area contributed by atoms with Gasteiger partial charge < -0.3 is 15.2 Å². The van der Waals surface area contributed by atoms with Gasteiger partial charge >= 0.3 is 6.03 Å². The first kappa shape index (κ1) is 13.2. The number of hydrogen-bond acceptors (Lipinski definition) is 1. The van der Waals surface area contributed by atoms with Crippen LogP contribution in [-0.4, -0.2) is 15.9 Å². The second-order valence-electron chi connectivity index (χ2n) is 5.45. The highest BCUT2D eigenvalue weighted by Gasteiger charge is 2.23. The second kappa shape index (κ2) is 5.07. The first-order chi connectivity index (χ1) is 10.7. The maximum absolute atomic E-state index is 12.5. The molecule has 1 aromatic heterocycles. The zero-order valence-corrected chi connectivity index (χ0v) is 12.5. The van der Waals surface area contributed by atoms with Gasteiger partial charge in [-0.2, -0.15) is 0 Å². The average molecular weight is 312 g/mol. The van der Waals surface area contributed by atoms with Gasteiger partial charge in [0, 0.05) is 35.2 Å². The number of anilines is 1. The zero-order valence-electron chi connectivity index (χ0n) is 11.8. The Balaban J connectivity index is 1.54. The summed E-state index contributed by atoms with van der Waals surface area (Å²) in [6.07, 6.45) is 1.82. The maximum Gasteiger partial charge on any atom is 0.322 e. The van der Waals surface area contributed by atoms with Crippen molar-refractivity contribution in [1.82, 2.24) is 9.88 Å². The molecule has 1 aliphatic rings. The molecular formula is C17H14ClN3O. The minimum absolute atomic E-state index is 0.0999. The van der Waals surface area contributed by atoms with Gasteiger partial charge in [0.15, 0.2) is 0 Å². The molecule has 2 amide bonds. The van der Waals surface area contributed by atoms with Crippen molar-refractivity contribution < 1.29 is 4.79 Å². The van der Waals surface area contributed by atoms with E-state index in [2.05, 4.69) is 10.3 Å². The number of rotatable bonds is 1. The maximum atomic E-state index is 12.5. The molecule has 2 N–H and O–H groups in total. The quantitative estimate of drug-likeness (QED) is 0.689. The fraction of sp³-hybridized carbons (Fsp3) is 0.118. The van der Waals surface area contributed by atoms with Crippen LogP contribution in [-0.2, 0) is 13.1 Å². The van der Waals surface area contributed by atoms with E-state index in [1.54, 1.807) is 4.90 Å². The van der Waals surface area contributed by atoms with Crippen molar-refractivity contribution in [3.05, 3.63) is 64.8 Å². The summed E-state index contributed by atoms with van der Waals surface area (Å²) in [5, 5.41) is 4.70. The number of benzene rings is 2. The first-order valence-electron chi connectivity index (χ1n) is 7.10. The first-order valence-corrected chi connectivity index (χ1v) is 7.48. The molecular weight excluding hydrogens is 298 g/mol. The summed E-state index contributed by atoms with van der Waals surface area (Å²) in [7, 11) is 0. The fourth-order valence-electron chi connectivity index (χ4n) is 2.88. The number of urea groups is 1. The lowest BCUT2D eigenvalue weighted by Crippen LogP contribution is -2.30. The highest BCUT2D eigenvalue weighted by atomic mass is 35.5. The van der Waals surface area contributed by atoms with E-state index in [9.17, 15) is 4.79 Å². The van der Waals surface area contributed by atoms with E-state index < -0.39 is 0 Å². The molecule has 0 radical (unpaired) electrons. The molecule has 0 saturated heterocycles. The predicted molar refractivity (Wildman–Crippen MR) is 88.0 cm³/mol. The highest BCUT2D eigenvalue weighted by Crippen LogP contribution is 2.27. The Morgan fingerprint density at radius 3 is 2.86 bits per heavy atom. The van der Waals surface area contributed by atoms with Crippen LogP contribution in [0.25, 0.3) is 10.9 Å². The molecule has 0 unspecified atom stereocenters. The van der Waals surface area contributed by atoms with Crippen molar-refractivity contribution in [2.75, 3.05) is 5.32 Å². The Bertz CT molecular complexity index is 871. The van der Waals surface area contributed by atoms with Crippen LogP contribution in [0.1, 0.15) is 11.1 Å². The van der Waals surface area contributed by atoms with Crippen molar-refractivity contribution in [2.45, 2.75) is 13.1 Å². The molecule has 22 heavy (non-hydrogen) atoms. The zero-order chi connectivity index (χ0) is 15.1. The predicted octanol–water partition coefficient (Wildman–Crippen LogP) is 4.37. The Morgan fingerprint density at radius 1 is 1.14 bits per heavy atom. The van der Waals surface area contributed by atoms with Crippen LogP contribution in [0.5, 0.6) is 0 Å². The summed E-state index contributed by atoms with van der Waals surface area (Å²) in [5.41, 5.74) is 4.07. The van der Waals surface area contributed by atoms with Crippen LogP contribution in [0.15, 0.2) is 48.7 Å². The van der Waals surface area contributed by atoms with Crippen molar-refractivity contribution in [1.29, 1.82) is 0 Å². The third-order valence-electron chi connectivity index (χ3n) is 4.01. The molecule has 0 atom stereocenters. The number of aromatic nitrogens is 1. The summed E-state index contributed by atoms with van der Waals surface area (Å²) in [5.74, 6) is 0. The Hall–Kier alpha value is -2.46. The number of nitrogens with one attached hydrogen (secondary N) is 2. The Kier molecular flexibility index (Phi) is 3.05. The Labute approximate surface area is 132 Å². The van der Waals surface area contributed by atoms with E-state index in [1.807, 2.05) is 48.7 Å². The number of aromatic amines is 1. The van der Waals surface area contributed by atoms with Crippen molar-refractivity contribution >= 4 is 34.2 Å². The van der Waals surface area contributed by atoms with Crippen LogP contribution in [0, 0.1) is 0 Å². The monoisotopic (exact) mass is 311 g/mol. The van der Waals surface area contributed by atoms with E-state index in [1.165, 1.54) is 0 Å². The molecule has 2 heterocycles. The lowest BCUT2D eigenvalue weighted by atomic mass is 10.1. The van der Waals surface area contributed by atoms with E-state index in [0.29, 0.717) is 18.1 Å². The van der Waals surface area contributed by atoms with Crippen LogP contribution in [0.2, 0.25) is 5.02 Å². The fourth-order valence-corrected chi connectivity index (χ4v) is 3.07. The molecule has 4 nitrogen and oxygen atoms in total. The minimum Gasteiger partial charge on any atom is -0.359 e. The number of hydrogen-bond donors (Lipinski definition) is 2. The van der Waals surface area contributed by atoms with Crippen LogP contribution < -0.4 is 5.32 Å². The third kappa shape index (κ3) is 2.22. The molecule has 110 valence electrons. The van der Waals surface area contributed by atoms with E-state index in [-0.39, 0.29) is 6.03 Å². The summed E-state index contributed by atoms with van der Waals surface area (Å²) in [6.45, 7) is 1.20. The molecule has 0 spiro atoms. The van der Waals surface area contributed by atoms with E-state index in [4.69, 9.17) is 11.6 Å². The van der Waals surface area contributed by atoms with Crippen LogP contribution in [0.3, 0.4) is 0 Å². The smallest absolute Gasteiger partial charge is 0.322 e. The minimum atomic E-state index is -0.0999. The third-order valence-corrected chi connectivity index (χ3v) is 4.24. The summed E-state index contributed by atoms with van der Waals surface area (Å²) in [6, 6.07) is 13.6. The number of para-hydroxylation sites is 1. The molecule has 0 fully saturated rings. The number of halogens is 1. The molecule has 2 aromatic carbocycles. The van der Waals surface area contributed by atoms with E-state index >= 15 is 0 Å². The van der Waals surface area contributed by atoms with Crippen LogP contribution in [0.4, 0.5) is 10.5 Å². The van der Waals surface area contributed by atoms with Gasteiger partial charge in [-0.15, -0.1) is 0 Å². The number of carbonyl (C=O) groups excluding carboxylic acids is 1. The normalized spacial score (nSPS) is 13.4. The molecule has 3 aromatic rings. The second-order valence-corrected chi connectivity index (χ2v) is 5.88. The average Bonchev–Trinajstić information content (AvgIpc) is 3.11. The van der Waals surface area contributed by atoms with Gasteiger partial charge in [-0.1, -0.05) is 35.9 Å². The summed E-state index contributed by atoms with van der Waals surface area (Å²) < 4.78 is 0. The van der Waals surface area contributed by atoms with Gasteiger partial charge in [0.25, 0.3) is 0 Å². The molecule has 5 heteroatoms. The topological polar surface area (TPSA) is 48.1 Å². The molecule has 1 aliphatic heterocycles. The lowest BCUT2D eigenvalue weighted by Gasteiger charge is -2.16. The van der Waals surface area contributed by atoms with Gasteiger partial charge in [0.2, 0.25) is 0 Å². The molecule has 0 bridgehead atoms. The number of H-pyrrole nitrogens is 1. The molecule has 0 saturated carbocycles. The summed E-state index contributed by atoms with van der Waals surface area (Å²) >= 11 is 6.01. The molecule has 4 rings (SSSR count).